The van der Waals surface area contributed by atoms with Gasteiger partial charge in [0.25, 0.3) is 0 Å². The molecular formula is C12H19N3O2S. The van der Waals surface area contributed by atoms with Gasteiger partial charge in [0.15, 0.2) is 5.13 Å². The number of nitrogens with zero attached hydrogens (tertiary/aromatic N) is 3. The van der Waals surface area contributed by atoms with E-state index in [0.29, 0.717) is 12.8 Å². The summed E-state index contributed by atoms with van der Waals surface area (Å²) in [6.07, 6.45) is 2.39. The van der Waals surface area contributed by atoms with Crippen molar-refractivity contribution >= 4 is 22.4 Å². The Hall–Kier alpha value is -1.14. The SMILES string of the molecule is CC(O)CCC(=O)N1CCN(c2nccs2)CC1. The lowest BCUT2D eigenvalue weighted by Gasteiger charge is -2.34. The molecule has 1 amide bonds. The smallest absolute Gasteiger partial charge is 0.222 e. The van der Waals surface area contributed by atoms with Gasteiger partial charge >= 0.3 is 0 Å². The number of carbonyl (C=O) groups excluding carboxylic acids is 1. The summed E-state index contributed by atoms with van der Waals surface area (Å²) >= 11 is 1.63. The monoisotopic (exact) mass is 269 g/mol. The maximum atomic E-state index is 11.9. The van der Waals surface area contributed by atoms with Crippen molar-refractivity contribution in [1.82, 2.24) is 9.88 Å². The number of amides is 1. The standard InChI is InChI=1S/C12H19N3O2S/c1-10(16)2-3-11(17)14-5-7-15(8-6-14)12-13-4-9-18-12/h4,9-10,16H,2-3,5-8H2,1H3. The van der Waals surface area contributed by atoms with E-state index >= 15 is 0 Å². The molecule has 0 aromatic carbocycles. The van der Waals surface area contributed by atoms with Crippen LogP contribution in [0.2, 0.25) is 0 Å². The second-order valence-corrected chi connectivity index (χ2v) is 5.44. The Kier molecular flexibility index (Phi) is 4.54. The summed E-state index contributed by atoms with van der Waals surface area (Å²) in [4.78, 5) is 20.2. The van der Waals surface area contributed by atoms with Gasteiger partial charge in [-0.15, -0.1) is 11.3 Å². The number of carbonyl (C=O) groups is 1. The highest BCUT2D eigenvalue weighted by Crippen LogP contribution is 2.19. The van der Waals surface area contributed by atoms with Crippen molar-refractivity contribution in [2.75, 3.05) is 31.1 Å². The molecule has 0 radical (unpaired) electrons. The molecule has 1 aromatic heterocycles. The van der Waals surface area contributed by atoms with Gasteiger partial charge in [0, 0.05) is 44.2 Å². The summed E-state index contributed by atoms with van der Waals surface area (Å²) in [6, 6.07) is 0. The van der Waals surface area contributed by atoms with Gasteiger partial charge in [0.2, 0.25) is 5.91 Å². The van der Waals surface area contributed by atoms with Crippen LogP contribution in [0.3, 0.4) is 0 Å². The fourth-order valence-corrected chi connectivity index (χ4v) is 2.71. The number of aliphatic hydroxyl groups excluding tert-OH is 1. The van der Waals surface area contributed by atoms with Crippen LogP contribution in [0.25, 0.3) is 0 Å². The number of hydrogen-bond donors (Lipinski definition) is 1. The number of rotatable bonds is 4. The molecule has 0 bridgehead atoms. The van der Waals surface area contributed by atoms with Crippen LogP contribution in [0.5, 0.6) is 0 Å². The Balaban J connectivity index is 1.78. The molecule has 5 nitrogen and oxygen atoms in total. The average Bonchev–Trinajstić information content (AvgIpc) is 2.90. The fraction of sp³-hybridized carbons (Fsp3) is 0.667. The summed E-state index contributed by atoms with van der Waals surface area (Å²) in [5.41, 5.74) is 0. The Morgan fingerprint density at radius 1 is 1.50 bits per heavy atom. The molecule has 1 unspecified atom stereocenters. The zero-order chi connectivity index (χ0) is 13.0. The predicted molar refractivity (Wildman–Crippen MR) is 71.8 cm³/mol. The van der Waals surface area contributed by atoms with Crippen molar-refractivity contribution in [2.45, 2.75) is 25.9 Å². The van der Waals surface area contributed by atoms with Crippen molar-refractivity contribution < 1.29 is 9.90 Å². The van der Waals surface area contributed by atoms with Crippen LogP contribution in [0.1, 0.15) is 19.8 Å². The van der Waals surface area contributed by atoms with Crippen molar-refractivity contribution in [2.24, 2.45) is 0 Å². The first-order valence-corrected chi connectivity index (χ1v) is 7.15. The van der Waals surface area contributed by atoms with Crippen LogP contribution >= 0.6 is 11.3 Å². The molecule has 1 saturated heterocycles. The molecule has 1 aliphatic rings. The van der Waals surface area contributed by atoms with Crippen LogP contribution < -0.4 is 4.90 Å². The summed E-state index contributed by atoms with van der Waals surface area (Å²) < 4.78 is 0. The average molecular weight is 269 g/mol. The van der Waals surface area contributed by atoms with Crippen molar-refractivity contribution in [3.8, 4) is 0 Å². The van der Waals surface area contributed by atoms with E-state index in [9.17, 15) is 9.90 Å². The van der Waals surface area contributed by atoms with E-state index in [0.717, 1.165) is 31.3 Å². The fourth-order valence-electron chi connectivity index (χ4n) is 2.01. The Morgan fingerprint density at radius 2 is 2.22 bits per heavy atom. The molecule has 0 saturated carbocycles. The maximum Gasteiger partial charge on any atom is 0.222 e. The van der Waals surface area contributed by atoms with Crippen LogP contribution in [0.4, 0.5) is 5.13 Å². The normalized spacial score (nSPS) is 17.9. The van der Waals surface area contributed by atoms with Crippen molar-refractivity contribution in [3.63, 3.8) is 0 Å². The summed E-state index contributed by atoms with van der Waals surface area (Å²) in [5.74, 6) is 0.148. The van der Waals surface area contributed by atoms with Crippen LogP contribution in [-0.2, 0) is 4.79 Å². The van der Waals surface area contributed by atoms with E-state index in [1.165, 1.54) is 0 Å². The third-order valence-corrected chi connectivity index (χ3v) is 3.93. The lowest BCUT2D eigenvalue weighted by atomic mass is 10.2. The zero-order valence-electron chi connectivity index (χ0n) is 10.6. The van der Waals surface area contributed by atoms with Crippen LogP contribution in [-0.4, -0.2) is 53.2 Å². The van der Waals surface area contributed by atoms with E-state index in [1.54, 1.807) is 24.5 Å². The molecule has 1 aromatic rings. The van der Waals surface area contributed by atoms with Gasteiger partial charge < -0.3 is 14.9 Å². The third kappa shape index (κ3) is 3.43. The van der Waals surface area contributed by atoms with E-state index in [4.69, 9.17) is 0 Å². The lowest BCUT2D eigenvalue weighted by molar-refractivity contribution is -0.132. The van der Waals surface area contributed by atoms with Gasteiger partial charge in [0.1, 0.15) is 0 Å². The molecule has 2 heterocycles. The zero-order valence-corrected chi connectivity index (χ0v) is 11.4. The molecule has 1 aliphatic heterocycles. The highest BCUT2D eigenvalue weighted by atomic mass is 32.1. The van der Waals surface area contributed by atoms with E-state index < -0.39 is 6.10 Å². The molecule has 0 aliphatic carbocycles. The Bertz CT molecular complexity index is 373. The van der Waals surface area contributed by atoms with Crippen LogP contribution in [0, 0.1) is 0 Å². The first-order chi connectivity index (χ1) is 8.66. The van der Waals surface area contributed by atoms with Gasteiger partial charge in [-0.1, -0.05) is 0 Å². The molecule has 1 N–H and O–H groups in total. The molecule has 100 valence electrons. The molecule has 6 heteroatoms. The minimum absolute atomic E-state index is 0.148. The van der Waals surface area contributed by atoms with Gasteiger partial charge in [-0.05, 0) is 13.3 Å². The first kappa shape index (κ1) is 13.3. The van der Waals surface area contributed by atoms with Gasteiger partial charge in [-0.2, -0.15) is 0 Å². The number of piperazine rings is 1. The highest BCUT2D eigenvalue weighted by molar-refractivity contribution is 7.13. The molecule has 0 spiro atoms. The largest absolute Gasteiger partial charge is 0.393 e. The summed E-state index contributed by atoms with van der Waals surface area (Å²) in [6.45, 7) is 4.89. The first-order valence-electron chi connectivity index (χ1n) is 6.27. The van der Waals surface area contributed by atoms with Gasteiger partial charge in [-0.3, -0.25) is 4.79 Å². The number of thiazole rings is 1. The Morgan fingerprint density at radius 3 is 2.78 bits per heavy atom. The van der Waals surface area contributed by atoms with E-state index in [2.05, 4.69) is 9.88 Å². The lowest BCUT2D eigenvalue weighted by Crippen LogP contribution is -2.48. The second kappa shape index (κ2) is 6.15. The van der Waals surface area contributed by atoms with Gasteiger partial charge in [0.05, 0.1) is 6.10 Å². The highest BCUT2D eigenvalue weighted by Gasteiger charge is 2.22. The molecule has 1 atom stereocenters. The predicted octanol–water partition coefficient (Wildman–Crippen LogP) is 0.953. The van der Waals surface area contributed by atoms with E-state index in [-0.39, 0.29) is 5.91 Å². The number of aliphatic hydroxyl groups is 1. The van der Waals surface area contributed by atoms with Crippen molar-refractivity contribution in [1.29, 1.82) is 0 Å². The second-order valence-electron chi connectivity index (χ2n) is 4.57. The molecule has 18 heavy (non-hydrogen) atoms. The molecular weight excluding hydrogens is 250 g/mol. The van der Waals surface area contributed by atoms with Crippen molar-refractivity contribution in [3.05, 3.63) is 11.6 Å². The summed E-state index contributed by atoms with van der Waals surface area (Å²) in [5, 5.41) is 12.2. The minimum Gasteiger partial charge on any atom is -0.393 e. The number of aromatic nitrogens is 1. The number of anilines is 1. The van der Waals surface area contributed by atoms with E-state index in [1.807, 2.05) is 10.3 Å². The molecule has 2 rings (SSSR count). The molecule has 1 fully saturated rings. The third-order valence-electron chi connectivity index (χ3n) is 3.10. The topological polar surface area (TPSA) is 56.7 Å². The number of hydrogen-bond acceptors (Lipinski definition) is 5. The van der Waals surface area contributed by atoms with Crippen LogP contribution in [0.15, 0.2) is 11.6 Å². The maximum absolute atomic E-state index is 11.9. The van der Waals surface area contributed by atoms with Gasteiger partial charge in [-0.25, -0.2) is 4.98 Å². The minimum atomic E-state index is -0.398. The summed E-state index contributed by atoms with van der Waals surface area (Å²) in [7, 11) is 0. The Labute approximate surface area is 111 Å². The quantitative estimate of drug-likeness (QED) is 0.884.